The van der Waals surface area contributed by atoms with E-state index in [0.717, 1.165) is 12.1 Å². The molecular formula is C13H15F2NO4. The van der Waals surface area contributed by atoms with Crippen LogP contribution in [0.3, 0.4) is 0 Å². The van der Waals surface area contributed by atoms with E-state index in [2.05, 4.69) is 0 Å². The number of nitrogens with two attached hydrogens (primary N) is 1. The number of aliphatic hydroxyl groups is 1. The normalized spacial score (nSPS) is 13.8. The Morgan fingerprint density at radius 3 is 2.40 bits per heavy atom. The summed E-state index contributed by atoms with van der Waals surface area (Å²) in [5.74, 6) is -5.05. The van der Waals surface area contributed by atoms with Gasteiger partial charge in [-0.2, -0.15) is 0 Å². The Morgan fingerprint density at radius 2 is 1.90 bits per heavy atom. The Bertz CT molecular complexity index is 507. The lowest BCUT2D eigenvalue weighted by molar-refractivity contribution is -0.144. The molecule has 1 aromatic carbocycles. The Balaban J connectivity index is 2.79. The minimum Gasteiger partial charge on any atom is -0.481 e. The molecule has 4 N–H and O–H groups in total. The van der Waals surface area contributed by atoms with Crippen molar-refractivity contribution < 1.29 is 28.6 Å². The molecule has 110 valence electrons. The second kappa shape index (κ2) is 7.06. The van der Waals surface area contributed by atoms with Gasteiger partial charge in [0.1, 0.15) is 0 Å². The smallest absolute Gasteiger partial charge is 0.307 e. The topological polar surface area (TPSA) is 101 Å². The van der Waals surface area contributed by atoms with Gasteiger partial charge in [0.15, 0.2) is 17.4 Å². The summed E-state index contributed by atoms with van der Waals surface area (Å²) < 4.78 is 25.8. The molecule has 0 aromatic heterocycles. The van der Waals surface area contributed by atoms with Gasteiger partial charge >= 0.3 is 5.97 Å². The number of aliphatic carboxylic acids is 1. The third-order valence-electron chi connectivity index (χ3n) is 2.87. The molecule has 0 spiro atoms. The highest BCUT2D eigenvalue weighted by atomic mass is 19.2. The molecule has 0 aliphatic carbocycles. The Labute approximate surface area is 114 Å². The van der Waals surface area contributed by atoms with E-state index in [0.29, 0.717) is 0 Å². The van der Waals surface area contributed by atoms with Crippen LogP contribution in [0.15, 0.2) is 18.2 Å². The molecule has 1 unspecified atom stereocenters. The maximum Gasteiger partial charge on any atom is 0.307 e. The van der Waals surface area contributed by atoms with Crippen molar-refractivity contribution in [3.05, 3.63) is 35.4 Å². The lowest BCUT2D eigenvalue weighted by atomic mass is 9.92. The van der Waals surface area contributed by atoms with Gasteiger partial charge in [-0.05, 0) is 24.1 Å². The number of halogens is 2. The van der Waals surface area contributed by atoms with Crippen LogP contribution < -0.4 is 5.73 Å². The maximum absolute atomic E-state index is 13.0. The van der Waals surface area contributed by atoms with Gasteiger partial charge in [0.05, 0.1) is 18.6 Å². The minimum atomic E-state index is -1.24. The number of Topliss-reactive ketones (excluding diaryl/α,β-unsaturated/α-hetero) is 1. The van der Waals surface area contributed by atoms with E-state index in [1.165, 1.54) is 6.07 Å². The molecule has 0 saturated carbocycles. The van der Waals surface area contributed by atoms with Crippen LogP contribution in [0.25, 0.3) is 0 Å². The Morgan fingerprint density at radius 1 is 1.25 bits per heavy atom. The van der Waals surface area contributed by atoms with E-state index >= 15 is 0 Å². The number of carboxylic acid groups (broad SMARTS) is 1. The third kappa shape index (κ3) is 4.36. The number of carboxylic acids is 1. The zero-order valence-electron chi connectivity index (χ0n) is 10.6. The highest BCUT2D eigenvalue weighted by Crippen LogP contribution is 2.16. The first-order valence-corrected chi connectivity index (χ1v) is 5.91. The molecule has 2 atom stereocenters. The Hall–Kier alpha value is -1.86. The Kier molecular flexibility index (Phi) is 5.72. The quantitative estimate of drug-likeness (QED) is 0.677. The van der Waals surface area contributed by atoms with E-state index in [4.69, 9.17) is 15.9 Å². The van der Waals surface area contributed by atoms with Crippen LogP contribution in [0, 0.1) is 17.6 Å². The van der Waals surface area contributed by atoms with Gasteiger partial charge in [-0.1, -0.05) is 6.07 Å². The number of carbonyl (C=O) groups is 2. The van der Waals surface area contributed by atoms with E-state index in [1.807, 2.05) is 0 Å². The van der Waals surface area contributed by atoms with Gasteiger partial charge in [-0.15, -0.1) is 0 Å². The number of ketones is 1. The standard InChI is InChI=1S/C13H15F2NO4/c14-9-2-1-7(4-10(9)15)3-8(13(19)20)5-12(18)11(16)6-17/h1-2,4,8,11,17H,3,5-6,16H2,(H,19,20)/t8?,11-/m0/s1. The number of aliphatic hydroxyl groups excluding tert-OH is 1. The van der Waals surface area contributed by atoms with Crippen LogP contribution in [0.4, 0.5) is 8.78 Å². The van der Waals surface area contributed by atoms with Gasteiger partial charge in [0, 0.05) is 6.42 Å². The second-order valence-electron chi connectivity index (χ2n) is 4.45. The number of benzene rings is 1. The number of hydrogen-bond acceptors (Lipinski definition) is 4. The predicted molar refractivity (Wildman–Crippen MR) is 65.9 cm³/mol. The highest BCUT2D eigenvalue weighted by Gasteiger charge is 2.24. The van der Waals surface area contributed by atoms with Crippen LogP contribution in [0.1, 0.15) is 12.0 Å². The van der Waals surface area contributed by atoms with Crippen molar-refractivity contribution in [2.45, 2.75) is 18.9 Å². The molecule has 0 radical (unpaired) electrons. The molecule has 0 amide bonds. The molecule has 5 nitrogen and oxygen atoms in total. The first kappa shape index (κ1) is 16.2. The lowest BCUT2D eigenvalue weighted by Crippen LogP contribution is -2.36. The SMILES string of the molecule is N[C@@H](CO)C(=O)CC(Cc1ccc(F)c(F)c1)C(=O)O. The van der Waals surface area contributed by atoms with Crippen LogP contribution in [-0.4, -0.2) is 34.6 Å². The zero-order chi connectivity index (χ0) is 15.3. The van der Waals surface area contributed by atoms with Gasteiger partial charge in [0.25, 0.3) is 0 Å². The number of hydrogen-bond donors (Lipinski definition) is 3. The number of rotatable bonds is 7. The minimum absolute atomic E-state index is 0.129. The van der Waals surface area contributed by atoms with Crippen molar-refractivity contribution in [2.75, 3.05) is 6.61 Å². The molecule has 0 heterocycles. The third-order valence-corrected chi connectivity index (χ3v) is 2.87. The predicted octanol–water partition coefficient (Wildman–Crippen LogP) is 0.487. The van der Waals surface area contributed by atoms with Gasteiger partial charge in [-0.25, -0.2) is 8.78 Å². The summed E-state index contributed by atoms with van der Waals surface area (Å²) in [6.45, 7) is -0.573. The zero-order valence-corrected chi connectivity index (χ0v) is 10.6. The monoisotopic (exact) mass is 287 g/mol. The summed E-state index contributed by atoms with van der Waals surface area (Å²) in [5, 5.41) is 17.8. The van der Waals surface area contributed by atoms with Crippen LogP contribution in [0.2, 0.25) is 0 Å². The fourth-order valence-corrected chi connectivity index (χ4v) is 1.69. The molecule has 1 rings (SSSR count). The summed E-state index contributed by atoms with van der Waals surface area (Å²) in [5.41, 5.74) is 5.57. The molecular weight excluding hydrogens is 272 g/mol. The second-order valence-corrected chi connectivity index (χ2v) is 4.45. The van der Waals surface area contributed by atoms with Crippen molar-refractivity contribution in [3.8, 4) is 0 Å². The van der Waals surface area contributed by atoms with E-state index in [9.17, 15) is 18.4 Å². The van der Waals surface area contributed by atoms with Crippen LogP contribution >= 0.6 is 0 Å². The molecule has 20 heavy (non-hydrogen) atoms. The first-order chi connectivity index (χ1) is 9.35. The molecule has 0 bridgehead atoms. The summed E-state index contributed by atoms with van der Waals surface area (Å²) in [7, 11) is 0. The fraction of sp³-hybridized carbons (Fsp3) is 0.385. The van der Waals surface area contributed by atoms with E-state index < -0.39 is 42.0 Å². The molecule has 0 aliphatic heterocycles. The van der Waals surface area contributed by atoms with Crippen molar-refractivity contribution in [1.82, 2.24) is 0 Å². The molecule has 0 aliphatic rings. The highest BCUT2D eigenvalue weighted by molar-refractivity contribution is 5.87. The number of carbonyl (C=O) groups excluding carboxylic acids is 1. The van der Waals surface area contributed by atoms with Crippen molar-refractivity contribution >= 4 is 11.8 Å². The summed E-state index contributed by atoms with van der Waals surface area (Å²) >= 11 is 0. The van der Waals surface area contributed by atoms with Gasteiger partial charge in [-0.3, -0.25) is 9.59 Å². The lowest BCUT2D eigenvalue weighted by Gasteiger charge is -2.14. The van der Waals surface area contributed by atoms with Crippen LogP contribution in [-0.2, 0) is 16.0 Å². The van der Waals surface area contributed by atoms with Crippen molar-refractivity contribution in [2.24, 2.45) is 11.7 Å². The average molecular weight is 287 g/mol. The molecule has 0 saturated heterocycles. The summed E-state index contributed by atoms with van der Waals surface area (Å²) in [6.07, 6.45) is -0.507. The van der Waals surface area contributed by atoms with Crippen molar-refractivity contribution in [3.63, 3.8) is 0 Å². The van der Waals surface area contributed by atoms with E-state index in [-0.39, 0.29) is 18.4 Å². The van der Waals surface area contributed by atoms with Gasteiger partial charge < -0.3 is 15.9 Å². The molecule has 1 aromatic rings. The first-order valence-electron chi connectivity index (χ1n) is 5.91. The maximum atomic E-state index is 13.0. The summed E-state index contributed by atoms with van der Waals surface area (Å²) in [4.78, 5) is 22.6. The summed E-state index contributed by atoms with van der Waals surface area (Å²) in [6, 6.07) is 1.90. The van der Waals surface area contributed by atoms with E-state index in [1.54, 1.807) is 0 Å². The average Bonchev–Trinajstić information content (AvgIpc) is 2.40. The largest absolute Gasteiger partial charge is 0.481 e. The van der Waals surface area contributed by atoms with Gasteiger partial charge in [0.2, 0.25) is 0 Å². The van der Waals surface area contributed by atoms with Crippen molar-refractivity contribution in [1.29, 1.82) is 0 Å². The molecule has 7 heteroatoms. The van der Waals surface area contributed by atoms with Crippen LogP contribution in [0.5, 0.6) is 0 Å². The fourth-order valence-electron chi connectivity index (χ4n) is 1.69. The molecule has 0 fully saturated rings.